The van der Waals surface area contributed by atoms with E-state index in [4.69, 9.17) is 5.73 Å². The molecule has 1 saturated heterocycles. The zero-order valence-electron chi connectivity index (χ0n) is 13.7. The van der Waals surface area contributed by atoms with Gasteiger partial charge >= 0.3 is 0 Å². The largest absolute Gasteiger partial charge is 0.353 e. The van der Waals surface area contributed by atoms with Gasteiger partial charge in [-0.05, 0) is 52.0 Å². The molecule has 1 aliphatic heterocycles. The van der Waals surface area contributed by atoms with Crippen molar-refractivity contribution in [3.63, 3.8) is 0 Å². The van der Waals surface area contributed by atoms with Crippen LogP contribution in [-0.2, 0) is 4.79 Å². The van der Waals surface area contributed by atoms with Gasteiger partial charge < -0.3 is 11.1 Å². The maximum Gasteiger partial charge on any atom is 0.234 e. The lowest BCUT2D eigenvalue weighted by Crippen LogP contribution is -2.52. The van der Waals surface area contributed by atoms with Crippen LogP contribution < -0.4 is 11.1 Å². The van der Waals surface area contributed by atoms with Crippen LogP contribution in [0, 0.1) is 5.92 Å². The van der Waals surface area contributed by atoms with Crippen LogP contribution in [0.4, 0.5) is 0 Å². The summed E-state index contributed by atoms with van der Waals surface area (Å²) in [5.74, 6) is 0.840. The summed E-state index contributed by atoms with van der Waals surface area (Å²) in [5.41, 5.74) is 6.04. The molecule has 1 aliphatic rings. The third kappa shape index (κ3) is 6.23. The fourth-order valence-corrected chi connectivity index (χ4v) is 2.97. The average Bonchev–Trinajstić information content (AvgIpc) is 2.36. The average molecular weight is 283 g/mol. The van der Waals surface area contributed by atoms with E-state index in [-0.39, 0.29) is 18.0 Å². The molecule has 3 unspecified atom stereocenters. The third-order valence-electron chi connectivity index (χ3n) is 4.20. The standard InChI is InChI=1S/C16H33N3O/c1-12(2)8-9-13(3)18-16(20)11-19-10-6-5-7-15(19)14(4)17/h12-15H,5-11,17H2,1-4H3,(H,18,20). The number of carbonyl (C=O) groups excluding carboxylic acids is 1. The molecule has 4 nitrogen and oxygen atoms in total. The summed E-state index contributed by atoms with van der Waals surface area (Å²) in [6, 6.07) is 0.769. The summed E-state index contributed by atoms with van der Waals surface area (Å²) in [5, 5.41) is 3.12. The molecule has 0 saturated carbocycles. The third-order valence-corrected chi connectivity index (χ3v) is 4.20. The highest BCUT2D eigenvalue weighted by molar-refractivity contribution is 5.78. The Kier molecular flexibility index (Phi) is 7.52. The predicted molar refractivity (Wildman–Crippen MR) is 84.5 cm³/mol. The molecule has 0 aliphatic carbocycles. The van der Waals surface area contributed by atoms with Gasteiger partial charge in [-0.25, -0.2) is 0 Å². The van der Waals surface area contributed by atoms with Gasteiger partial charge in [-0.15, -0.1) is 0 Å². The smallest absolute Gasteiger partial charge is 0.234 e. The lowest BCUT2D eigenvalue weighted by atomic mass is 9.97. The van der Waals surface area contributed by atoms with E-state index in [0.29, 0.717) is 18.5 Å². The van der Waals surface area contributed by atoms with Crippen molar-refractivity contribution in [2.24, 2.45) is 11.7 Å². The number of hydrogen-bond donors (Lipinski definition) is 2. The van der Waals surface area contributed by atoms with Crippen LogP contribution in [0.3, 0.4) is 0 Å². The van der Waals surface area contributed by atoms with Gasteiger partial charge in [0, 0.05) is 18.1 Å². The Labute approximate surface area is 124 Å². The summed E-state index contributed by atoms with van der Waals surface area (Å²) >= 11 is 0. The predicted octanol–water partition coefficient (Wildman–Crippen LogP) is 2.13. The van der Waals surface area contributed by atoms with E-state index in [2.05, 4.69) is 31.0 Å². The van der Waals surface area contributed by atoms with Crippen LogP contribution in [-0.4, -0.2) is 42.0 Å². The minimum absolute atomic E-state index is 0.140. The van der Waals surface area contributed by atoms with Gasteiger partial charge in [-0.3, -0.25) is 9.69 Å². The first-order chi connectivity index (χ1) is 9.40. The SMILES string of the molecule is CC(C)CCC(C)NC(=O)CN1CCCCC1C(C)N. The molecule has 0 aromatic rings. The van der Waals surface area contributed by atoms with E-state index in [1.54, 1.807) is 0 Å². The van der Waals surface area contributed by atoms with Gasteiger partial charge in [0.2, 0.25) is 5.91 Å². The Balaban J connectivity index is 2.36. The fraction of sp³-hybridized carbons (Fsp3) is 0.938. The molecule has 0 bridgehead atoms. The zero-order chi connectivity index (χ0) is 15.1. The molecule has 3 N–H and O–H groups in total. The van der Waals surface area contributed by atoms with Crippen molar-refractivity contribution in [1.82, 2.24) is 10.2 Å². The van der Waals surface area contributed by atoms with Gasteiger partial charge in [-0.2, -0.15) is 0 Å². The van der Waals surface area contributed by atoms with Crippen LogP contribution >= 0.6 is 0 Å². The first-order valence-electron chi connectivity index (χ1n) is 8.19. The highest BCUT2D eigenvalue weighted by Crippen LogP contribution is 2.18. The van der Waals surface area contributed by atoms with Crippen molar-refractivity contribution in [1.29, 1.82) is 0 Å². The number of amides is 1. The summed E-state index contributed by atoms with van der Waals surface area (Å²) in [7, 11) is 0. The van der Waals surface area contributed by atoms with E-state index in [0.717, 1.165) is 25.8 Å². The second kappa shape index (κ2) is 8.63. The van der Waals surface area contributed by atoms with Crippen molar-refractivity contribution in [2.75, 3.05) is 13.1 Å². The molecule has 1 amide bonds. The quantitative estimate of drug-likeness (QED) is 0.752. The van der Waals surface area contributed by atoms with Crippen LogP contribution in [0.2, 0.25) is 0 Å². The van der Waals surface area contributed by atoms with Crippen molar-refractivity contribution in [2.45, 2.75) is 77.9 Å². The normalized spacial score (nSPS) is 23.6. The van der Waals surface area contributed by atoms with Gasteiger partial charge in [0.05, 0.1) is 6.54 Å². The number of nitrogens with zero attached hydrogens (tertiary/aromatic N) is 1. The number of carbonyl (C=O) groups is 1. The maximum atomic E-state index is 12.1. The van der Waals surface area contributed by atoms with Crippen LogP contribution in [0.1, 0.15) is 59.8 Å². The van der Waals surface area contributed by atoms with Crippen molar-refractivity contribution in [3.05, 3.63) is 0 Å². The number of nitrogens with one attached hydrogen (secondary N) is 1. The topological polar surface area (TPSA) is 58.4 Å². The second-order valence-corrected chi connectivity index (χ2v) is 6.83. The Hall–Kier alpha value is -0.610. The molecule has 0 aromatic heterocycles. The zero-order valence-corrected chi connectivity index (χ0v) is 13.7. The van der Waals surface area contributed by atoms with Crippen LogP contribution in [0.25, 0.3) is 0 Å². The molecule has 1 fully saturated rings. The summed E-state index contributed by atoms with van der Waals surface area (Å²) < 4.78 is 0. The Bertz CT molecular complexity index is 291. The summed E-state index contributed by atoms with van der Waals surface area (Å²) in [6.45, 7) is 10.1. The number of piperidine rings is 1. The van der Waals surface area contributed by atoms with E-state index in [9.17, 15) is 4.79 Å². The minimum atomic E-state index is 0.140. The molecule has 1 heterocycles. The highest BCUT2D eigenvalue weighted by atomic mass is 16.2. The number of rotatable bonds is 7. The van der Waals surface area contributed by atoms with Crippen molar-refractivity contribution >= 4 is 5.91 Å². The lowest BCUT2D eigenvalue weighted by Gasteiger charge is -2.37. The van der Waals surface area contributed by atoms with Gasteiger partial charge in [0.25, 0.3) is 0 Å². The monoisotopic (exact) mass is 283 g/mol. The molecule has 118 valence electrons. The summed E-state index contributed by atoms with van der Waals surface area (Å²) in [4.78, 5) is 14.4. The minimum Gasteiger partial charge on any atom is -0.353 e. The number of likely N-dealkylation sites (tertiary alicyclic amines) is 1. The molecule has 4 heteroatoms. The highest BCUT2D eigenvalue weighted by Gasteiger charge is 2.27. The molecule has 0 aromatic carbocycles. The molecule has 0 spiro atoms. The molecule has 20 heavy (non-hydrogen) atoms. The molecular formula is C16H33N3O. The van der Waals surface area contributed by atoms with E-state index < -0.39 is 0 Å². The van der Waals surface area contributed by atoms with Gasteiger partial charge in [0.1, 0.15) is 0 Å². The number of nitrogens with two attached hydrogens (primary N) is 1. The van der Waals surface area contributed by atoms with Gasteiger partial charge in [0.15, 0.2) is 0 Å². The molecule has 1 rings (SSSR count). The lowest BCUT2D eigenvalue weighted by molar-refractivity contribution is -0.123. The molecule has 0 radical (unpaired) electrons. The molecule has 3 atom stereocenters. The van der Waals surface area contributed by atoms with Crippen molar-refractivity contribution < 1.29 is 4.79 Å². The second-order valence-electron chi connectivity index (χ2n) is 6.83. The number of hydrogen-bond acceptors (Lipinski definition) is 3. The van der Waals surface area contributed by atoms with E-state index in [1.165, 1.54) is 12.8 Å². The fourth-order valence-electron chi connectivity index (χ4n) is 2.97. The van der Waals surface area contributed by atoms with E-state index in [1.807, 2.05) is 6.92 Å². The first-order valence-corrected chi connectivity index (χ1v) is 8.19. The Morgan fingerprint density at radius 3 is 2.55 bits per heavy atom. The summed E-state index contributed by atoms with van der Waals surface area (Å²) in [6.07, 6.45) is 5.75. The molecular weight excluding hydrogens is 250 g/mol. The van der Waals surface area contributed by atoms with Crippen molar-refractivity contribution in [3.8, 4) is 0 Å². The van der Waals surface area contributed by atoms with Crippen LogP contribution in [0.5, 0.6) is 0 Å². The Morgan fingerprint density at radius 2 is 1.95 bits per heavy atom. The first kappa shape index (κ1) is 17.4. The maximum absolute atomic E-state index is 12.1. The van der Waals surface area contributed by atoms with Gasteiger partial charge in [-0.1, -0.05) is 20.3 Å². The Morgan fingerprint density at radius 1 is 1.25 bits per heavy atom. The van der Waals surface area contributed by atoms with Crippen LogP contribution in [0.15, 0.2) is 0 Å². The van der Waals surface area contributed by atoms with E-state index >= 15 is 0 Å².